The molecule has 0 atom stereocenters. The van der Waals surface area contributed by atoms with Gasteiger partial charge in [-0.25, -0.2) is 4.98 Å². The van der Waals surface area contributed by atoms with Gasteiger partial charge >= 0.3 is 0 Å². The summed E-state index contributed by atoms with van der Waals surface area (Å²) in [5, 5.41) is 0.534. The molecular weight excluding hydrogens is 256 g/mol. The van der Waals surface area contributed by atoms with Crippen LogP contribution >= 0.6 is 11.8 Å². The van der Waals surface area contributed by atoms with Crippen LogP contribution in [0.1, 0.15) is 19.4 Å². The van der Waals surface area contributed by atoms with Gasteiger partial charge < -0.3 is 4.57 Å². The summed E-state index contributed by atoms with van der Waals surface area (Å²) >= 11 is 1.42. The van der Waals surface area contributed by atoms with Gasteiger partial charge in [-0.1, -0.05) is 43.3 Å². The average Bonchev–Trinajstić information content (AvgIpc) is 2.36. The Morgan fingerprint density at radius 3 is 2.58 bits per heavy atom. The van der Waals surface area contributed by atoms with Gasteiger partial charge in [0.1, 0.15) is 0 Å². The monoisotopic (exact) mass is 274 g/mol. The number of aromatic nitrogens is 2. The van der Waals surface area contributed by atoms with Gasteiger partial charge in [0.05, 0.1) is 0 Å². The van der Waals surface area contributed by atoms with Crippen molar-refractivity contribution in [3.8, 4) is 0 Å². The van der Waals surface area contributed by atoms with E-state index in [9.17, 15) is 4.79 Å². The van der Waals surface area contributed by atoms with Crippen molar-refractivity contribution in [1.82, 2.24) is 9.55 Å². The minimum absolute atomic E-state index is 0.0122. The highest BCUT2D eigenvalue weighted by molar-refractivity contribution is 7.99. The number of nitrogens with zero attached hydrogens (tertiary/aromatic N) is 2. The van der Waals surface area contributed by atoms with Crippen molar-refractivity contribution >= 4 is 11.8 Å². The number of hydrogen-bond donors (Lipinski definition) is 0. The second-order valence-corrected chi connectivity index (χ2v) is 6.06. The summed E-state index contributed by atoms with van der Waals surface area (Å²) < 4.78 is 1.73. The Bertz CT molecular complexity index is 602. The zero-order valence-electron chi connectivity index (χ0n) is 11.5. The Morgan fingerprint density at radius 1 is 1.26 bits per heavy atom. The maximum absolute atomic E-state index is 12.3. The summed E-state index contributed by atoms with van der Waals surface area (Å²) in [7, 11) is 0. The van der Waals surface area contributed by atoms with E-state index < -0.39 is 0 Å². The Morgan fingerprint density at radius 2 is 1.95 bits per heavy atom. The lowest BCUT2D eigenvalue weighted by atomic mass is 10.2. The van der Waals surface area contributed by atoms with Gasteiger partial charge in [0.15, 0.2) is 5.03 Å². The molecule has 0 fully saturated rings. The number of rotatable bonds is 4. The van der Waals surface area contributed by atoms with Crippen LogP contribution < -0.4 is 5.56 Å². The number of aryl methyl sites for hydroxylation is 1. The molecule has 0 spiro atoms. The fourth-order valence-corrected chi connectivity index (χ4v) is 2.57. The molecule has 0 saturated carbocycles. The van der Waals surface area contributed by atoms with Gasteiger partial charge in [-0.3, -0.25) is 4.79 Å². The average molecular weight is 274 g/mol. The molecule has 0 radical (unpaired) electrons. The molecule has 0 aliphatic rings. The first-order valence-electron chi connectivity index (χ1n) is 6.36. The van der Waals surface area contributed by atoms with Gasteiger partial charge in [0, 0.05) is 23.8 Å². The third-order valence-electron chi connectivity index (χ3n) is 2.68. The normalized spacial score (nSPS) is 10.9. The third kappa shape index (κ3) is 3.70. The molecule has 2 rings (SSSR count). The van der Waals surface area contributed by atoms with E-state index in [2.05, 4.69) is 18.8 Å². The minimum Gasteiger partial charge on any atom is -0.311 e. The topological polar surface area (TPSA) is 34.9 Å². The van der Waals surface area contributed by atoms with E-state index in [0.717, 1.165) is 11.4 Å². The lowest BCUT2D eigenvalue weighted by molar-refractivity contribution is 0.502. The fraction of sp³-hybridized carbons (Fsp3) is 0.333. The summed E-state index contributed by atoms with van der Waals surface area (Å²) in [5.74, 6) is 0.442. The number of hydrogen-bond acceptors (Lipinski definition) is 3. The van der Waals surface area contributed by atoms with Gasteiger partial charge in [-0.15, -0.1) is 0 Å². The molecule has 0 N–H and O–H groups in total. The quantitative estimate of drug-likeness (QED) is 0.857. The molecule has 4 heteroatoms. The van der Waals surface area contributed by atoms with Crippen LogP contribution in [-0.2, 0) is 6.54 Å². The molecule has 0 bridgehead atoms. The van der Waals surface area contributed by atoms with Gasteiger partial charge in [0.2, 0.25) is 0 Å². The van der Waals surface area contributed by atoms with Crippen molar-refractivity contribution in [1.29, 1.82) is 0 Å². The van der Waals surface area contributed by atoms with Crippen LogP contribution in [0.15, 0.2) is 51.4 Å². The first-order chi connectivity index (χ1) is 9.06. The maximum Gasteiger partial charge on any atom is 0.283 e. The summed E-state index contributed by atoms with van der Waals surface area (Å²) in [5.41, 5.74) is 1.20. The van der Waals surface area contributed by atoms with Gasteiger partial charge in [0.25, 0.3) is 5.56 Å². The first kappa shape index (κ1) is 13.9. The van der Waals surface area contributed by atoms with E-state index in [-0.39, 0.29) is 5.56 Å². The molecule has 2 aromatic rings. The van der Waals surface area contributed by atoms with Gasteiger partial charge in [-0.2, -0.15) is 0 Å². The molecule has 3 nitrogen and oxygen atoms in total. The lowest BCUT2D eigenvalue weighted by Gasteiger charge is -2.09. The minimum atomic E-state index is -0.0122. The van der Waals surface area contributed by atoms with Crippen LogP contribution in [0.5, 0.6) is 0 Å². The van der Waals surface area contributed by atoms with Crippen LogP contribution in [0.3, 0.4) is 0 Å². The van der Waals surface area contributed by atoms with E-state index in [4.69, 9.17) is 0 Å². The Labute approximate surface area is 117 Å². The van der Waals surface area contributed by atoms with Crippen LogP contribution in [0, 0.1) is 12.8 Å². The SMILES string of the molecule is Cc1ccc(Sc2nccn(CC(C)C)c2=O)cc1. The molecular formula is C15H18N2OS. The van der Waals surface area contributed by atoms with Crippen molar-refractivity contribution in [2.24, 2.45) is 5.92 Å². The fourth-order valence-electron chi connectivity index (χ4n) is 1.75. The second kappa shape index (κ2) is 6.06. The molecule has 0 aliphatic carbocycles. The van der Waals surface area contributed by atoms with Crippen molar-refractivity contribution < 1.29 is 0 Å². The highest BCUT2D eigenvalue weighted by Gasteiger charge is 2.07. The van der Waals surface area contributed by atoms with Crippen molar-refractivity contribution in [3.05, 3.63) is 52.6 Å². The van der Waals surface area contributed by atoms with Crippen molar-refractivity contribution in [3.63, 3.8) is 0 Å². The summed E-state index contributed by atoms with van der Waals surface area (Å²) in [6.45, 7) is 6.97. The number of benzene rings is 1. The zero-order valence-corrected chi connectivity index (χ0v) is 12.3. The van der Waals surface area contributed by atoms with Crippen LogP contribution in [0.4, 0.5) is 0 Å². The molecule has 1 aromatic heterocycles. The third-order valence-corrected chi connectivity index (χ3v) is 3.66. The Hall–Kier alpha value is -1.55. The van der Waals surface area contributed by atoms with E-state index >= 15 is 0 Å². The van der Waals surface area contributed by atoms with Crippen molar-refractivity contribution in [2.75, 3.05) is 0 Å². The predicted octanol–water partition coefficient (Wildman–Crippen LogP) is 3.36. The molecule has 1 heterocycles. The highest BCUT2D eigenvalue weighted by Crippen LogP contribution is 2.23. The smallest absolute Gasteiger partial charge is 0.283 e. The largest absolute Gasteiger partial charge is 0.311 e. The van der Waals surface area contributed by atoms with Gasteiger partial charge in [-0.05, 0) is 25.0 Å². The van der Waals surface area contributed by atoms with E-state index in [1.807, 2.05) is 31.2 Å². The molecule has 0 amide bonds. The van der Waals surface area contributed by atoms with E-state index in [1.54, 1.807) is 17.0 Å². The molecule has 0 aliphatic heterocycles. The van der Waals surface area contributed by atoms with Crippen molar-refractivity contribution in [2.45, 2.75) is 37.2 Å². The van der Waals surface area contributed by atoms with Crippen LogP contribution in [0.25, 0.3) is 0 Å². The Balaban J connectivity index is 2.25. The molecule has 100 valence electrons. The summed E-state index contributed by atoms with van der Waals surface area (Å²) in [6, 6.07) is 8.11. The highest BCUT2D eigenvalue weighted by atomic mass is 32.2. The second-order valence-electron chi connectivity index (χ2n) is 5.00. The molecule has 1 aromatic carbocycles. The maximum atomic E-state index is 12.3. The Kier molecular flexibility index (Phi) is 4.43. The summed E-state index contributed by atoms with van der Waals surface area (Å²) in [6.07, 6.45) is 3.45. The predicted molar refractivity (Wildman–Crippen MR) is 78.6 cm³/mol. The molecule has 0 unspecified atom stereocenters. The van der Waals surface area contributed by atoms with Crippen LogP contribution in [0.2, 0.25) is 0 Å². The lowest BCUT2D eigenvalue weighted by Crippen LogP contribution is -2.23. The summed E-state index contributed by atoms with van der Waals surface area (Å²) in [4.78, 5) is 17.5. The first-order valence-corrected chi connectivity index (χ1v) is 7.18. The van der Waals surface area contributed by atoms with E-state index in [0.29, 0.717) is 10.9 Å². The molecule has 0 saturated heterocycles. The molecule has 19 heavy (non-hydrogen) atoms. The standard InChI is InChI=1S/C15H18N2OS/c1-11(2)10-17-9-8-16-14(15(17)18)19-13-6-4-12(3)5-7-13/h4-9,11H,10H2,1-3H3. The van der Waals surface area contributed by atoms with E-state index in [1.165, 1.54) is 17.3 Å². The van der Waals surface area contributed by atoms with Crippen LogP contribution in [-0.4, -0.2) is 9.55 Å². The zero-order chi connectivity index (χ0) is 13.8.